The smallest absolute Gasteiger partial charge is 0.149 e. The molecule has 3 nitrogen and oxygen atoms in total. The number of hydrogen-bond donors (Lipinski definition) is 2. The first-order valence-corrected chi connectivity index (χ1v) is 5.45. The summed E-state index contributed by atoms with van der Waals surface area (Å²) in [6.45, 7) is 0. The molecule has 0 saturated carbocycles. The van der Waals surface area contributed by atoms with E-state index in [4.69, 9.17) is 28.9 Å². The van der Waals surface area contributed by atoms with Crippen LogP contribution in [0.15, 0.2) is 30.5 Å². The molecule has 0 saturated heterocycles. The second kappa shape index (κ2) is 4.77. The predicted molar refractivity (Wildman–Crippen MR) is 68.4 cm³/mol. The van der Waals surface area contributed by atoms with Gasteiger partial charge in [-0.05, 0) is 24.3 Å². The van der Waals surface area contributed by atoms with Gasteiger partial charge in [0.15, 0.2) is 0 Å². The van der Waals surface area contributed by atoms with Gasteiger partial charge in [0, 0.05) is 5.02 Å². The van der Waals surface area contributed by atoms with Gasteiger partial charge in [0.2, 0.25) is 0 Å². The molecule has 0 spiro atoms. The molecule has 0 atom stereocenters. The lowest BCUT2D eigenvalue weighted by atomic mass is 10.3. The van der Waals surface area contributed by atoms with Crippen LogP contribution in [0, 0.1) is 5.82 Å². The SMILES string of the molecule is Nc1cnc(Nc2cc(Cl)ccc2F)c(Cl)c1. The van der Waals surface area contributed by atoms with Crippen LogP contribution in [0.1, 0.15) is 0 Å². The highest BCUT2D eigenvalue weighted by atomic mass is 35.5. The summed E-state index contributed by atoms with van der Waals surface area (Å²) in [7, 11) is 0. The Balaban J connectivity index is 2.34. The summed E-state index contributed by atoms with van der Waals surface area (Å²) in [6, 6.07) is 5.69. The fourth-order valence-electron chi connectivity index (χ4n) is 1.27. The molecule has 2 aromatic rings. The lowest BCUT2D eigenvalue weighted by Gasteiger charge is -2.09. The average Bonchev–Trinajstić information content (AvgIpc) is 2.27. The Bertz CT molecular complexity index is 560. The van der Waals surface area contributed by atoms with E-state index in [1.54, 1.807) is 0 Å². The number of aromatic nitrogens is 1. The molecule has 0 bridgehead atoms. The van der Waals surface area contributed by atoms with Crippen LogP contribution < -0.4 is 11.1 Å². The summed E-state index contributed by atoms with van der Waals surface area (Å²) < 4.78 is 13.4. The van der Waals surface area contributed by atoms with E-state index in [-0.39, 0.29) is 5.69 Å². The maximum Gasteiger partial charge on any atom is 0.149 e. The zero-order valence-electron chi connectivity index (χ0n) is 8.55. The molecule has 0 aliphatic carbocycles. The van der Waals surface area contributed by atoms with Gasteiger partial charge in [0.1, 0.15) is 11.6 Å². The van der Waals surface area contributed by atoms with Crippen molar-refractivity contribution in [3.63, 3.8) is 0 Å². The van der Waals surface area contributed by atoms with Crippen molar-refractivity contribution in [3.05, 3.63) is 46.3 Å². The molecule has 0 radical (unpaired) electrons. The molecular weight excluding hydrogens is 264 g/mol. The third kappa shape index (κ3) is 2.78. The first-order valence-electron chi connectivity index (χ1n) is 4.69. The lowest BCUT2D eigenvalue weighted by molar-refractivity contribution is 0.632. The molecule has 1 aromatic carbocycles. The van der Waals surface area contributed by atoms with Crippen molar-refractivity contribution >= 4 is 40.4 Å². The van der Waals surface area contributed by atoms with E-state index in [1.807, 2.05) is 0 Å². The third-order valence-electron chi connectivity index (χ3n) is 2.04. The van der Waals surface area contributed by atoms with Gasteiger partial charge >= 0.3 is 0 Å². The lowest BCUT2D eigenvalue weighted by Crippen LogP contribution is -1.98. The van der Waals surface area contributed by atoms with E-state index in [9.17, 15) is 4.39 Å². The first-order chi connectivity index (χ1) is 8.06. The minimum atomic E-state index is -0.441. The summed E-state index contributed by atoms with van der Waals surface area (Å²) >= 11 is 11.7. The number of nitrogens with two attached hydrogens (primary N) is 1. The van der Waals surface area contributed by atoms with E-state index >= 15 is 0 Å². The van der Waals surface area contributed by atoms with Gasteiger partial charge in [-0.25, -0.2) is 9.37 Å². The normalized spacial score (nSPS) is 10.3. The minimum Gasteiger partial charge on any atom is -0.397 e. The van der Waals surface area contributed by atoms with Crippen LogP contribution in [0.5, 0.6) is 0 Å². The van der Waals surface area contributed by atoms with Crippen molar-refractivity contribution < 1.29 is 4.39 Å². The monoisotopic (exact) mass is 271 g/mol. The minimum absolute atomic E-state index is 0.205. The van der Waals surface area contributed by atoms with Gasteiger partial charge in [-0.1, -0.05) is 23.2 Å². The van der Waals surface area contributed by atoms with Gasteiger partial charge in [0.05, 0.1) is 22.6 Å². The Morgan fingerprint density at radius 2 is 2.00 bits per heavy atom. The summed E-state index contributed by atoms with van der Waals surface area (Å²) in [5.74, 6) is -0.119. The predicted octanol–water partition coefficient (Wildman–Crippen LogP) is 3.85. The van der Waals surface area contributed by atoms with Crippen LogP contribution in [0.2, 0.25) is 10.0 Å². The van der Waals surface area contributed by atoms with E-state index in [0.29, 0.717) is 21.6 Å². The molecule has 0 amide bonds. The second-order valence-corrected chi connectivity index (χ2v) is 4.19. The first kappa shape index (κ1) is 12.0. The van der Waals surface area contributed by atoms with Crippen molar-refractivity contribution in [2.45, 2.75) is 0 Å². The Kier molecular flexibility index (Phi) is 3.36. The highest BCUT2D eigenvalue weighted by Crippen LogP contribution is 2.27. The van der Waals surface area contributed by atoms with Gasteiger partial charge in [-0.3, -0.25) is 0 Å². The van der Waals surface area contributed by atoms with Crippen molar-refractivity contribution in [3.8, 4) is 0 Å². The molecule has 0 aliphatic rings. The third-order valence-corrected chi connectivity index (χ3v) is 2.57. The molecule has 6 heteroatoms. The summed E-state index contributed by atoms with van der Waals surface area (Å²) in [5.41, 5.74) is 6.15. The number of benzene rings is 1. The van der Waals surface area contributed by atoms with Crippen molar-refractivity contribution in [2.24, 2.45) is 0 Å². The molecular formula is C11H8Cl2FN3. The Morgan fingerprint density at radius 1 is 1.24 bits per heavy atom. The number of nitrogens with zero attached hydrogens (tertiary/aromatic N) is 1. The molecule has 3 N–H and O–H groups in total. The topological polar surface area (TPSA) is 50.9 Å². The Hall–Kier alpha value is -1.52. The maximum absolute atomic E-state index is 13.4. The number of pyridine rings is 1. The van der Waals surface area contributed by atoms with E-state index in [0.717, 1.165) is 0 Å². The largest absolute Gasteiger partial charge is 0.397 e. The number of halogens is 3. The van der Waals surface area contributed by atoms with Crippen LogP contribution >= 0.6 is 23.2 Å². The van der Waals surface area contributed by atoms with Gasteiger partial charge in [0.25, 0.3) is 0 Å². The van der Waals surface area contributed by atoms with Crippen molar-refractivity contribution in [1.29, 1.82) is 0 Å². The molecule has 88 valence electrons. The van der Waals surface area contributed by atoms with Crippen LogP contribution in [0.4, 0.5) is 21.6 Å². The van der Waals surface area contributed by atoms with E-state index in [2.05, 4.69) is 10.3 Å². The zero-order chi connectivity index (χ0) is 12.4. The summed E-state index contributed by atoms with van der Waals surface area (Å²) in [5, 5.41) is 3.48. The average molecular weight is 272 g/mol. The molecule has 0 aliphatic heterocycles. The molecule has 1 aromatic heterocycles. The maximum atomic E-state index is 13.4. The summed E-state index contributed by atoms with van der Waals surface area (Å²) in [6.07, 6.45) is 1.43. The highest BCUT2D eigenvalue weighted by molar-refractivity contribution is 6.33. The number of nitrogens with one attached hydrogen (secondary N) is 1. The number of nitrogen functional groups attached to an aromatic ring is 1. The van der Waals surface area contributed by atoms with Gasteiger partial charge in [-0.15, -0.1) is 0 Å². The van der Waals surface area contributed by atoms with Gasteiger partial charge < -0.3 is 11.1 Å². The van der Waals surface area contributed by atoms with Crippen LogP contribution in [0.3, 0.4) is 0 Å². The Labute approximate surface area is 107 Å². The quantitative estimate of drug-likeness (QED) is 0.872. The summed E-state index contributed by atoms with van der Waals surface area (Å²) in [4.78, 5) is 3.97. The van der Waals surface area contributed by atoms with Crippen LogP contribution in [-0.2, 0) is 0 Å². The molecule has 0 unspecified atom stereocenters. The Morgan fingerprint density at radius 3 is 2.71 bits per heavy atom. The molecule has 1 heterocycles. The van der Waals surface area contributed by atoms with E-state index < -0.39 is 5.82 Å². The number of anilines is 3. The number of hydrogen-bond acceptors (Lipinski definition) is 3. The highest BCUT2D eigenvalue weighted by Gasteiger charge is 2.07. The fraction of sp³-hybridized carbons (Fsp3) is 0. The second-order valence-electron chi connectivity index (χ2n) is 3.35. The number of rotatable bonds is 2. The van der Waals surface area contributed by atoms with Gasteiger partial charge in [-0.2, -0.15) is 0 Å². The van der Waals surface area contributed by atoms with Crippen LogP contribution in [-0.4, -0.2) is 4.98 Å². The molecule has 2 rings (SSSR count). The zero-order valence-corrected chi connectivity index (χ0v) is 10.1. The molecule has 0 fully saturated rings. The fourth-order valence-corrected chi connectivity index (χ4v) is 1.66. The van der Waals surface area contributed by atoms with E-state index in [1.165, 1.54) is 30.5 Å². The molecule has 17 heavy (non-hydrogen) atoms. The van der Waals surface area contributed by atoms with Crippen molar-refractivity contribution in [1.82, 2.24) is 4.98 Å². The standard InChI is InChI=1S/C11H8Cl2FN3/c12-6-1-2-9(14)10(3-6)17-11-8(13)4-7(15)5-16-11/h1-5H,15H2,(H,16,17). The van der Waals surface area contributed by atoms with Crippen LogP contribution in [0.25, 0.3) is 0 Å². The van der Waals surface area contributed by atoms with Crippen molar-refractivity contribution in [2.75, 3.05) is 11.1 Å².